The van der Waals surface area contributed by atoms with E-state index in [-0.39, 0.29) is 17.9 Å². The second-order valence-electron chi connectivity index (χ2n) is 8.24. The molecule has 0 spiro atoms. The first kappa shape index (κ1) is 21.0. The molecule has 2 atom stereocenters. The van der Waals surface area contributed by atoms with E-state index in [9.17, 15) is 0 Å². The smallest absolute Gasteiger partial charge is 0.232 e. The number of nitrogens with one attached hydrogen (secondary N) is 1. The van der Waals surface area contributed by atoms with Crippen LogP contribution in [0.15, 0.2) is 36.7 Å². The Hall–Kier alpha value is -2.84. The van der Waals surface area contributed by atoms with Gasteiger partial charge in [-0.15, -0.1) is 21.5 Å². The molecule has 1 aromatic carbocycles. The van der Waals surface area contributed by atoms with E-state index in [1.807, 2.05) is 26.1 Å². The van der Waals surface area contributed by atoms with Gasteiger partial charge in [-0.1, -0.05) is 41.9 Å². The number of fused-ring (bicyclic) bond motifs is 1. The number of nitrogens with zero attached hydrogens (tertiary/aromatic N) is 5. The van der Waals surface area contributed by atoms with Gasteiger partial charge in [0, 0.05) is 29.8 Å². The molecule has 1 aliphatic rings. The first-order valence-corrected chi connectivity index (χ1v) is 11.8. The topological polar surface area (TPSA) is 89.5 Å². The Kier molecular flexibility index (Phi) is 5.65. The van der Waals surface area contributed by atoms with Crippen molar-refractivity contribution in [2.75, 3.05) is 0 Å². The molecule has 0 bridgehead atoms. The van der Waals surface area contributed by atoms with E-state index >= 15 is 0 Å². The zero-order valence-corrected chi connectivity index (χ0v) is 19.6. The molecule has 0 amide bonds. The van der Waals surface area contributed by atoms with Crippen LogP contribution in [-0.2, 0) is 6.42 Å². The first-order chi connectivity index (χ1) is 15.5. The quantitative estimate of drug-likeness (QED) is 0.409. The molecule has 3 heterocycles. The lowest BCUT2D eigenvalue weighted by molar-refractivity contribution is 0.233. The van der Waals surface area contributed by atoms with E-state index in [0.29, 0.717) is 16.7 Å². The number of tetrazole rings is 1. The molecule has 0 saturated heterocycles. The molecular weight excluding hydrogens is 444 g/mol. The van der Waals surface area contributed by atoms with Gasteiger partial charge in [-0.25, -0.2) is 9.97 Å². The van der Waals surface area contributed by atoms with Crippen molar-refractivity contribution in [3.63, 3.8) is 0 Å². The average Bonchev–Trinajstić information content (AvgIpc) is 3.53. The standard InChI is InChI=1S/C23H23ClN6OS/c1-12(2)31-22-19(24)9-14(10-25-22)20-11-26-23(32-20)18-8-7-17-15(5-4-6-16(17)18)13(3)21-27-29-30-28-21/h4-6,9-13,18H,7-8H2,1-3H3,(H,27,28,29,30)/t13-,18-/m1/s1. The normalized spacial score (nSPS) is 16.3. The fourth-order valence-corrected chi connectivity index (χ4v) is 5.55. The third-order valence-corrected chi connectivity index (χ3v) is 7.21. The van der Waals surface area contributed by atoms with E-state index in [1.165, 1.54) is 16.7 Å². The lowest BCUT2D eigenvalue weighted by atomic mass is 9.91. The van der Waals surface area contributed by atoms with Crippen LogP contribution in [0.3, 0.4) is 0 Å². The molecule has 9 heteroatoms. The highest BCUT2D eigenvalue weighted by atomic mass is 35.5. The highest BCUT2D eigenvalue weighted by Crippen LogP contribution is 2.44. The van der Waals surface area contributed by atoms with Crippen LogP contribution in [0.4, 0.5) is 0 Å². The molecular formula is C23H23ClN6OS. The van der Waals surface area contributed by atoms with Gasteiger partial charge in [0.1, 0.15) is 10.0 Å². The van der Waals surface area contributed by atoms with Crippen LogP contribution in [0.25, 0.3) is 10.4 Å². The lowest BCUT2D eigenvalue weighted by Crippen LogP contribution is -2.07. The SMILES string of the molecule is CC(C)Oc1ncc(-c2cnc([C@@H]3CCc4c([C@@H](C)c5nn[nH]n5)cccc43)s2)cc1Cl. The molecule has 164 valence electrons. The van der Waals surface area contributed by atoms with Gasteiger partial charge < -0.3 is 4.74 Å². The second-order valence-corrected chi connectivity index (χ2v) is 9.71. The Morgan fingerprint density at radius 3 is 2.81 bits per heavy atom. The molecule has 5 rings (SSSR count). The maximum absolute atomic E-state index is 6.39. The van der Waals surface area contributed by atoms with Crippen LogP contribution < -0.4 is 4.74 Å². The zero-order valence-electron chi connectivity index (χ0n) is 18.0. The third-order valence-electron chi connectivity index (χ3n) is 5.78. The Balaban J connectivity index is 1.42. The number of rotatable bonds is 6. The lowest BCUT2D eigenvalue weighted by Gasteiger charge is -2.14. The molecule has 0 aliphatic heterocycles. The van der Waals surface area contributed by atoms with Gasteiger partial charge in [0.2, 0.25) is 5.88 Å². The van der Waals surface area contributed by atoms with Gasteiger partial charge in [-0.05, 0) is 49.4 Å². The summed E-state index contributed by atoms with van der Waals surface area (Å²) >= 11 is 8.09. The van der Waals surface area contributed by atoms with Crippen molar-refractivity contribution in [2.24, 2.45) is 0 Å². The summed E-state index contributed by atoms with van der Waals surface area (Å²) in [5.74, 6) is 1.55. The Morgan fingerprint density at radius 1 is 1.19 bits per heavy atom. The summed E-state index contributed by atoms with van der Waals surface area (Å²) < 4.78 is 5.65. The van der Waals surface area contributed by atoms with Gasteiger partial charge in [-0.2, -0.15) is 5.21 Å². The molecule has 3 aromatic heterocycles. The monoisotopic (exact) mass is 466 g/mol. The third kappa shape index (κ3) is 3.89. The van der Waals surface area contributed by atoms with Crippen molar-refractivity contribution in [1.29, 1.82) is 0 Å². The maximum Gasteiger partial charge on any atom is 0.232 e. The second kappa shape index (κ2) is 8.60. The predicted octanol–water partition coefficient (Wildman–Crippen LogP) is 5.39. The number of thiazole rings is 1. The summed E-state index contributed by atoms with van der Waals surface area (Å²) in [5.41, 5.74) is 4.94. The fourth-order valence-electron chi connectivity index (χ4n) is 4.29. The summed E-state index contributed by atoms with van der Waals surface area (Å²) in [6, 6.07) is 8.41. The Bertz CT molecular complexity index is 1240. The van der Waals surface area contributed by atoms with Crippen LogP contribution in [0.2, 0.25) is 5.02 Å². The Labute approximate surface area is 195 Å². The number of pyridine rings is 1. The summed E-state index contributed by atoms with van der Waals surface area (Å²) in [4.78, 5) is 10.2. The van der Waals surface area contributed by atoms with Crippen LogP contribution in [0.5, 0.6) is 5.88 Å². The van der Waals surface area contributed by atoms with Crippen molar-refractivity contribution in [3.05, 3.63) is 69.2 Å². The summed E-state index contributed by atoms with van der Waals surface area (Å²) in [7, 11) is 0. The number of hydrogen-bond acceptors (Lipinski definition) is 7. The van der Waals surface area contributed by atoms with Gasteiger partial charge in [0.25, 0.3) is 0 Å². The molecule has 1 aliphatic carbocycles. The van der Waals surface area contributed by atoms with E-state index in [0.717, 1.165) is 28.3 Å². The number of H-pyrrole nitrogens is 1. The molecule has 0 saturated carbocycles. The average molecular weight is 467 g/mol. The van der Waals surface area contributed by atoms with E-state index in [2.05, 4.69) is 50.7 Å². The number of ether oxygens (including phenoxy) is 1. The van der Waals surface area contributed by atoms with Crippen molar-refractivity contribution in [2.45, 2.75) is 51.6 Å². The van der Waals surface area contributed by atoms with Crippen molar-refractivity contribution >= 4 is 22.9 Å². The van der Waals surface area contributed by atoms with Crippen LogP contribution in [0.1, 0.15) is 66.6 Å². The molecule has 0 unspecified atom stereocenters. The van der Waals surface area contributed by atoms with Crippen molar-refractivity contribution in [3.8, 4) is 16.3 Å². The minimum Gasteiger partial charge on any atom is -0.474 e. The van der Waals surface area contributed by atoms with Crippen molar-refractivity contribution < 1.29 is 4.74 Å². The fraction of sp³-hybridized carbons (Fsp3) is 0.348. The number of hydrogen-bond donors (Lipinski definition) is 1. The number of benzene rings is 1. The van der Waals surface area contributed by atoms with Gasteiger partial charge in [-0.3, -0.25) is 0 Å². The molecule has 0 radical (unpaired) electrons. The van der Waals surface area contributed by atoms with Crippen LogP contribution in [0, 0.1) is 0 Å². The highest BCUT2D eigenvalue weighted by Gasteiger charge is 2.30. The number of aromatic amines is 1. The molecule has 4 aromatic rings. The molecule has 0 fully saturated rings. The first-order valence-electron chi connectivity index (χ1n) is 10.6. The van der Waals surface area contributed by atoms with Crippen LogP contribution >= 0.6 is 22.9 Å². The zero-order chi connectivity index (χ0) is 22.2. The molecule has 32 heavy (non-hydrogen) atoms. The largest absolute Gasteiger partial charge is 0.474 e. The van der Waals surface area contributed by atoms with E-state index < -0.39 is 0 Å². The van der Waals surface area contributed by atoms with Crippen LogP contribution in [-0.4, -0.2) is 36.7 Å². The predicted molar refractivity (Wildman–Crippen MR) is 124 cm³/mol. The number of halogens is 1. The summed E-state index contributed by atoms with van der Waals surface area (Å²) in [5, 5.41) is 16.3. The van der Waals surface area contributed by atoms with Gasteiger partial charge >= 0.3 is 0 Å². The maximum atomic E-state index is 6.39. The number of aromatic nitrogens is 6. The van der Waals surface area contributed by atoms with E-state index in [1.54, 1.807) is 17.5 Å². The minimum absolute atomic E-state index is 0.0240. The minimum atomic E-state index is 0.0240. The summed E-state index contributed by atoms with van der Waals surface area (Å²) in [6.07, 6.45) is 5.80. The highest BCUT2D eigenvalue weighted by molar-refractivity contribution is 7.15. The summed E-state index contributed by atoms with van der Waals surface area (Å²) in [6.45, 7) is 6.03. The Morgan fingerprint density at radius 2 is 2.06 bits per heavy atom. The van der Waals surface area contributed by atoms with Crippen molar-refractivity contribution in [1.82, 2.24) is 30.6 Å². The molecule has 1 N–H and O–H groups in total. The van der Waals surface area contributed by atoms with Gasteiger partial charge in [0.15, 0.2) is 5.82 Å². The van der Waals surface area contributed by atoms with Gasteiger partial charge in [0.05, 0.1) is 11.0 Å². The molecule has 7 nitrogen and oxygen atoms in total. The van der Waals surface area contributed by atoms with E-state index in [4.69, 9.17) is 21.3 Å².